The monoisotopic (exact) mass is 224 g/mol. The van der Waals surface area contributed by atoms with E-state index in [0.717, 1.165) is 24.8 Å². The third-order valence-corrected chi connectivity index (χ3v) is 2.80. The van der Waals surface area contributed by atoms with Gasteiger partial charge < -0.3 is 9.84 Å². The van der Waals surface area contributed by atoms with Crippen molar-refractivity contribution >= 4 is 5.97 Å². The van der Waals surface area contributed by atoms with Gasteiger partial charge in [0.05, 0.1) is 12.7 Å². The van der Waals surface area contributed by atoms with E-state index in [1.807, 2.05) is 6.08 Å². The zero-order valence-corrected chi connectivity index (χ0v) is 9.98. The molecule has 3 nitrogen and oxygen atoms in total. The first-order valence-electron chi connectivity index (χ1n) is 5.89. The molecule has 0 saturated carbocycles. The second-order valence-corrected chi connectivity index (χ2v) is 4.11. The van der Waals surface area contributed by atoms with Gasteiger partial charge in [-0.1, -0.05) is 25.5 Å². The van der Waals surface area contributed by atoms with Crippen LogP contribution in [0.3, 0.4) is 0 Å². The van der Waals surface area contributed by atoms with Gasteiger partial charge in [0, 0.05) is 6.08 Å². The number of hydrogen-bond donors (Lipinski definition) is 1. The van der Waals surface area contributed by atoms with Crippen LogP contribution in [0.2, 0.25) is 0 Å². The van der Waals surface area contributed by atoms with Crippen molar-refractivity contribution in [3.8, 4) is 0 Å². The third-order valence-electron chi connectivity index (χ3n) is 2.80. The number of aliphatic hydroxyl groups is 1. The molecule has 0 spiro atoms. The normalized spacial score (nSPS) is 25.6. The maximum absolute atomic E-state index is 11.1. The highest BCUT2D eigenvalue weighted by atomic mass is 16.5. The average Bonchev–Trinajstić information content (AvgIpc) is 2.26. The van der Waals surface area contributed by atoms with Crippen molar-refractivity contribution in [3.05, 3.63) is 23.8 Å². The van der Waals surface area contributed by atoms with E-state index < -0.39 is 0 Å². The Labute approximate surface area is 96.8 Å². The van der Waals surface area contributed by atoms with E-state index in [0.29, 0.717) is 12.5 Å². The van der Waals surface area contributed by atoms with E-state index >= 15 is 0 Å². The molecule has 0 aromatic rings. The van der Waals surface area contributed by atoms with Gasteiger partial charge in [-0.25, -0.2) is 4.79 Å². The van der Waals surface area contributed by atoms with Crippen molar-refractivity contribution in [1.29, 1.82) is 0 Å². The molecule has 1 aliphatic carbocycles. The Balaban J connectivity index is 2.56. The fraction of sp³-hybridized carbons (Fsp3) is 0.615. The van der Waals surface area contributed by atoms with Crippen molar-refractivity contribution < 1.29 is 14.6 Å². The molecule has 1 N–H and O–H groups in total. The quantitative estimate of drug-likeness (QED) is 0.588. The lowest BCUT2D eigenvalue weighted by Crippen LogP contribution is -2.17. The minimum atomic E-state index is -0.374. The predicted molar refractivity (Wildman–Crippen MR) is 62.9 cm³/mol. The Kier molecular flexibility index (Phi) is 5.26. The second-order valence-electron chi connectivity index (χ2n) is 4.11. The molecular weight excluding hydrogens is 204 g/mol. The molecule has 90 valence electrons. The standard InChI is InChI=1S/C13H20O3/c1-3-10-7-11(9-12(14)8-10)5-6-13(15)16-4-2/h5-6,9-10,12,14H,3-4,7-8H2,1-2H3/b6-5+/t10-,12-/m0/s1. The molecular formula is C13H20O3. The van der Waals surface area contributed by atoms with Gasteiger partial charge in [-0.3, -0.25) is 0 Å². The van der Waals surface area contributed by atoms with Crippen LogP contribution in [0.1, 0.15) is 33.1 Å². The van der Waals surface area contributed by atoms with Crippen LogP contribution in [-0.4, -0.2) is 23.8 Å². The van der Waals surface area contributed by atoms with Gasteiger partial charge in [0.2, 0.25) is 0 Å². The molecule has 0 saturated heterocycles. The van der Waals surface area contributed by atoms with Gasteiger partial charge in [0.1, 0.15) is 0 Å². The fourth-order valence-electron chi connectivity index (χ4n) is 1.94. The summed E-state index contributed by atoms with van der Waals surface area (Å²) in [5, 5.41) is 9.62. The molecule has 2 atom stereocenters. The van der Waals surface area contributed by atoms with Crippen LogP contribution in [0.5, 0.6) is 0 Å². The summed E-state index contributed by atoms with van der Waals surface area (Å²) in [4.78, 5) is 11.1. The van der Waals surface area contributed by atoms with Gasteiger partial charge in [-0.2, -0.15) is 0 Å². The number of carbonyl (C=O) groups excluding carboxylic acids is 1. The lowest BCUT2D eigenvalue weighted by atomic mass is 9.85. The average molecular weight is 224 g/mol. The van der Waals surface area contributed by atoms with Crippen LogP contribution in [-0.2, 0) is 9.53 Å². The summed E-state index contributed by atoms with van der Waals surface area (Å²) in [6, 6.07) is 0. The van der Waals surface area contributed by atoms with Gasteiger partial charge in [0.25, 0.3) is 0 Å². The molecule has 0 aromatic heterocycles. The van der Waals surface area contributed by atoms with E-state index in [4.69, 9.17) is 4.74 Å². The number of rotatable bonds is 4. The number of allylic oxidation sites excluding steroid dienone is 2. The maximum Gasteiger partial charge on any atom is 0.330 e. The summed E-state index contributed by atoms with van der Waals surface area (Å²) in [6.45, 7) is 4.29. The molecule has 16 heavy (non-hydrogen) atoms. The molecule has 0 unspecified atom stereocenters. The van der Waals surface area contributed by atoms with Crippen molar-refractivity contribution in [2.45, 2.75) is 39.2 Å². The summed E-state index contributed by atoms with van der Waals surface area (Å²) in [5.41, 5.74) is 1.03. The number of hydrogen-bond acceptors (Lipinski definition) is 3. The smallest absolute Gasteiger partial charge is 0.330 e. The molecule has 1 rings (SSSR count). The Morgan fingerprint density at radius 1 is 1.62 bits per heavy atom. The van der Waals surface area contributed by atoms with Gasteiger partial charge in [-0.05, 0) is 31.3 Å². The fourth-order valence-corrected chi connectivity index (χ4v) is 1.94. The number of ether oxygens (including phenoxy) is 1. The topological polar surface area (TPSA) is 46.5 Å². The van der Waals surface area contributed by atoms with Crippen LogP contribution >= 0.6 is 0 Å². The van der Waals surface area contributed by atoms with E-state index in [2.05, 4.69) is 6.92 Å². The zero-order valence-electron chi connectivity index (χ0n) is 9.98. The van der Waals surface area contributed by atoms with Crippen molar-refractivity contribution in [3.63, 3.8) is 0 Å². The van der Waals surface area contributed by atoms with Crippen LogP contribution in [0.4, 0.5) is 0 Å². The highest BCUT2D eigenvalue weighted by molar-refractivity contribution is 5.82. The Morgan fingerprint density at radius 2 is 2.38 bits per heavy atom. The van der Waals surface area contributed by atoms with E-state index in [1.54, 1.807) is 13.0 Å². The molecule has 0 radical (unpaired) electrons. The summed E-state index contributed by atoms with van der Waals surface area (Å²) < 4.78 is 4.80. The minimum Gasteiger partial charge on any atom is -0.463 e. The highest BCUT2D eigenvalue weighted by Gasteiger charge is 2.18. The summed E-state index contributed by atoms with van der Waals surface area (Å²) in [7, 11) is 0. The van der Waals surface area contributed by atoms with Crippen molar-refractivity contribution in [1.82, 2.24) is 0 Å². The Hall–Kier alpha value is -1.09. The van der Waals surface area contributed by atoms with Crippen LogP contribution in [0.25, 0.3) is 0 Å². The van der Waals surface area contributed by atoms with Crippen LogP contribution in [0.15, 0.2) is 23.8 Å². The largest absolute Gasteiger partial charge is 0.463 e. The lowest BCUT2D eigenvalue weighted by Gasteiger charge is -2.23. The van der Waals surface area contributed by atoms with Gasteiger partial charge in [0.15, 0.2) is 0 Å². The molecule has 0 heterocycles. The van der Waals surface area contributed by atoms with Crippen molar-refractivity contribution in [2.24, 2.45) is 5.92 Å². The SMILES string of the molecule is CCOC(=O)/C=C/C1=C[C@@H](O)C[C@@H](CC)C1. The first kappa shape index (κ1) is 13.0. The molecule has 1 aliphatic rings. The first-order chi connectivity index (χ1) is 7.65. The number of aliphatic hydroxyl groups excluding tert-OH is 1. The second kappa shape index (κ2) is 6.48. The van der Waals surface area contributed by atoms with Crippen LogP contribution < -0.4 is 0 Å². The maximum atomic E-state index is 11.1. The third kappa shape index (κ3) is 4.19. The zero-order chi connectivity index (χ0) is 12.0. The molecule has 0 aromatic carbocycles. The molecule has 0 aliphatic heterocycles. The molecule has 0 bridgehead atoms. The van der Waals surface area contributed by atoms with Crippen LogP contribution in [0, 0.1) is 5.92 Å². The summed E-state index contributed by atoms with van der Waals surface area (Å²) >= 11 is 0. The number of carbonyl (C=O) groups is 1. The Bertz CT molecular complexity index is 292. The van der Waals surface area contributed by atoms with E-state index in [1.165, 1.54) is 6.08 Å². The highest BCUT2D eigenvalue weighted by Crippen LogP contribution is 2.27. The summed E-state index contributed by atoms with van der Waals surface area (Å²) in [5.74, 6) is 0.193. The Morgan fingerprint density at radius 3 is 3.00 bits per heavy atom. The molecule has 0 fully saturated rings. The van der Waals surface area contributed by atoms with Crippen molar-refractivity contribution in [2.75, 3.05) is 6.61 Å². The van der Waals surface area contributed by atoms with E-state index in [-0.39, 0.29) is 12.1 Å². The first-order valence-corrected chi connectivity index (χ1v) is 5.89. The van der Waals surface area contributed by atoms with E-state index in [9.17, 15) is 9.90 Å². The van der Waals surface area contributed by atoms with Gasteiger partial charge in [-0.15, -0.1) is 0 Å². The minimum absolute atomic E-state index is 0.323. The lowest BCUT2D eigenvalue weighted by molar-refractivity contribution is -0.137. The predicted octanol–water partition coefficient (Wildman–Crippen LogP) is 2.21. The number of esters is 1. The molecule has 0 amide bonds. The van der Waals surface area contributed by atoms with Gasteiger partial charge >= 0.3 is 5.97 Å². The summed E-state index contributed by atoms with van der Waals surface area (Å²) in [6.07, 6.45) is 7.45. The molecule has 3 heteroatoms.